The van der Waals surface area contributed by atoms with Gasteiger partial charge in [-0.25, -0.2) is 4.68 Å². The van der Waals surface area contributed by atoms with Gasteiger partial charge < -0.3 is 5.32 Å². The minimum atomic E-state index is -0.231. The van der Waals surface area contributed by atoms with Gasteiger partial charge in [0.25, 0.3) is 5.56 Å². The molecule has 3 aromatic rings. The molecule has 1 amide bonds. The Morgan fingerprint density at radius 3 is 2.46 bits per heavy atom. The van der Waals surface area contributed by atoms with Crippen molar-refractivity contribution in [2.45, 2.75) is 26.3 Å². The highest BCUT2D eigenvalue weighted by molar-refractivity contribution is 6.30. The van der Waals surface area contributed by atoms with Crippen LogP contribution in [0, 0.1) is 6.92 Å². The van der Waals surface area contributed by atoms with Gasteiger partial charge in [0.2, 0.25) is 5.91 Å². The zero-order chi connectivity index (χ0) is 19.9. The average molecular weight is 396 g/mol. The molecule has 0 saturated carbocycles. The second-order valence-electron chi connectivity index (χ2n) is 6.62. The standard InChI is InChI=1S/C22H22ClN3O2/c1-16-2-4-17(5-3-16)12-14-24-21(27)13-15-26-22(28)11-10-20(25-26)18-6-8-19(23)9-7-18/h2-11H,12-15H2,1H3,(H,24,27). The third kappa shape index (κ3) is 5.54. The summed E-state index contributed by atoms with van der Waals surface area (Å²) >= 11 is 5.91. The summed E-state index contributed by atoms with van der Waals surface area (Å²) in [5, 5.41) is 7.89. The summed E-state index contributed by atoms with van der Waals surface area (Å²) in [6.07, 6.45) is 0.973. The summed E-state index contributed by atoms with van der Waals surface area (Å²) in [4.78, 5) is 24.1. The number of nitrogens with one attached hydrogen (secondary N) is 1. The van der Waals surface area contributed by atoms with Crippen LogP contribution < -0.4 is 10.9 Å². The largest absolute Gasteiger partial charge is 0.356 e. The van der Waals surface area contributed by atoms with E-state index in [-0.39, 0.29) is 24.4 Å². The summed E-state index contributed by atoms with van der Waals surface area (Å²) in [7, 11) is 0. The van der Waals surface area contributed by atoms with Crippen LogP contribution >= 0.6 is 11.6 Å². The molecule has 0 aliphatic heterocycles. The first kappa shape index (κ1) is 19.8. The highest BCUT2D eigenvalue weighted by Gasteiger charge is 2.07. The van der Waals surface area contributed by atoms with E-state index in [9.17, 15) is 9.59 Å². The molecular formula is C22H22ClN3O2. The SMILES string of the molecule is Cc1ccc(CCNC(=O)CCn2nc(-c3ccc(Cl)cc3)ccc2=O)cc1. The topological polar surface area (TPSA) is 64.0 Å². The Morgan fingerprint density at radius 2 is 1.75 bits per heavy atom. The third-order valence-electron chi connectivity index (χ3n) is 4.41. The van der Waals surface area contributed by atoms with E-state index in [0.29, 0.717) is 17.3 Å². The van der Waals surface area contributed by atoms with Crippen molar-refractivity contribution < 1.29 is 4.79 Å². The Morgan fingerprint density at radius 1 is 1.04 bits per heavy atom. The lowest BCUT2D eigenvalue weighted by Gasteiger charge is -2.08. The minimum absolute atomic E-state index is 0.0993. The number of halogens is 1. The van der Waals surface area contributed by atoms with Gasteiger partial charge in [-0.2, -0.15) is 5.10 Å². The predicted molar refractivity (Wildman–Crippen MR) is 111 cm³/mol. The van der Waals surface area contributed by atoms with Gasteiger partial charge in [-0.05, 0) is 37.1 Å². The monoisotopic (exact) mass is 395 g/mol. The molecule has 1 aromatic heterocycles. The first-order valence-electron chi connectivity index (χ1n) is 9.17. The van der Waals surface area contributed by atoms with E-state index in [1.54, 1.807) is 18.2 Å². The maximum Gasteiger partial charge on any atom is 0.266 e. The number of hydrogen-bond acceptors (Lipinski definition) is 3. The van der Waals surface area contributed by atoms with Crippen molar-refractivity contribution in [3.05, 3.63) is 87.2 Å². The van der Waals surface area contributed by atoms with Gasteiger partial charge in [-0.1, -0.05) is 53.6 Å². The summed E-state index contributed by atoms with van der Waals surface area (Å²) in [5.74, 6) is -0.0993. The Hall–Kier alpha value is -2.92. The van der Waals surface area contributed by atoms with E-state index in [4.69, 9.17) is 11.6 Å². The van der Waals surface area contributed by atoms with Gasteiger partial charge in [0.05, 0.1) is 12.2 Å². The lowest BCUT2D eigenvalue weighted by molar-refractivity contribution is -0.121. The summed E-state index contributed by atoms with van der Waals surface area (Å²) in [6, 6.07) is 18.6. The van der Waals surface area contributed by atoms with Crippen LogP contribution in [0.5, 0.6) is 0 Å². The van der Waals surface area contributed by atoms with Gasteiger partial charge >= 0.3 is 0 Å². The number of nitrogens with zero attached hydrogens (tertiary/aromatic N) is 2. The number of hydrogen-bond donors (Lipinski definition) is 1. The first-order valence-corrected chi connectivity index (χ1v) is 9.55. The van der Waals surface area contributed by atoms with Crippen LogP contribution in [0.1, 0.15) is 17.5 Å². The molecule has 0 unspecified atom stereocenters. The van der Waals surface area contributed by atoms with Crippen LogP contribution in [-0.4, -0.2) is 22.2 Å². The number of carbonyl (C=O) groups excluding carboxylic acids is 1. The molecule has 6 heteroatoms. The number of rotatable bonds is 7. The molecule has 0 aliphatic carbocycles. The molecular weight excluding hydrogens is 374 g/mol. The molecule has 0 spiro atoms. The lowest BCUT2D eigenvalue weighted by Crippen LogP contribution is -2.29. The van der Waals surface area contributed by atoms with Gasteiger partial charge in [-0.3, -0.25) is 9.59 Å². The van der Waals surface area contributed by atoms with Crippen molar-refractivity contribution >= 4 is 17.5 Å². The molecule has 0 atom stereocenters. The van der Waals surface area contributed by atoms with Gasteiger partial charge in [-0.15, -0.1) is 0 Å². The van der Waals surface area contributed by atoms with Crippen molar-refractivity contribution in [3.8, 4) is 11.3 Å². The predicted octanol–water partition coefficient (Wildman–Crippen LogP) is 3.62. The summed E-state index contributed by atoms with van der Waals surface area (Å²) in [5.41, 5.74) is 3.69. The zero-order valence-electron chi connectivity index (χ0n) is 15.7. The number of aromatic nitrogens is 2. The molecule has 28 heavy (non-hydrogen) atoms. The van der Waals surface area contributed by atoms with Crippen LogP contribution in [0.25, 0.3) is 11.3 Å². The van der Waals surface area contributed by atoms with E-state index in [1.165, 1.54) is 21.9 Å². The molecule has 5 nitrogen and oxygen atoms in total. The normalized spacial score (nSPS) is 10.6. The molecule has 144 valence electrons. The van der Waals surface area contributed by atoms with Crippen LogP contribution in [0.4, 0.5) is 0 Å². The fourth-order valence-corrected chi connectivity index (χ4v) is 2.91. The molecule has 1 N–H and O–H groups in total. The molecule has 0 aliphatic rings. The van der Waals surface area contributed by atoms with Crippen molar-refractivity contribution in [3.63, 3.8) is 0 Å². The zero-order valence-corrected chi connectivity index (χ0v) is 16.4. The fourth-order valence-electron chi connectivity index (χ4n) is 2.78. The molecule has 1 heterocycles. The van der Waals surface area contributed by atoms with Gasteiger partial charge in [0, 0.05) is 29.6 Å². The number of carbonyl (C=O) groups is 1. The second-order valence-corrected chi connectivity index (χ2v) is 7.06. The lowest BCUT2D eigenvalue weighted by atomic mass is 10.1. The first-order chi connectivity index (χ1) is 13.5. The second kappa shape index (κ2) is 9.33. The molecule has 3 rings (SSSR count). The van der Waals surface area contributed by atoms with Crippen LogP contribution in [0.3, 0.4) is 0 Å². The number of aryl methyl sites for hydroxylation is 2. The summed E-state index contributed by atoms with van der Waals surface area (Å²) in [6.45, 7) is 2.84. The van der Waals surface area contributed by atoms with Crippen LogP contribution in [0.15, 0.2) is 65.5 Å². The smallest absolute Gasteiger partial charge is 0.266 e. The van der Waals surface area contributed by atoms with Crippen LogP contribution in [-0.2, 0) is 17.8 Å². The number of benzene rings is 2. The van der Waals surface area contributed by atoms with Crippen molar-refractivity contribution in [1.82, 2.24) is 15.1 Å². The van der Waals surface area contributed by atoms with Gasteiger partial charge in [0.15, 0.2) is 0 Å². The van der Waals surface area contributed by atoms with E-state index in [1.807, 2.05) is 19.1 Å². The quantitative estimate of drug-likeness (QED) is 0.664. The molecule has 0 bridgehead atoms. The van der Waals surface area contributed by atoms with Crippen molar-refractivity contribution in [2.75, 3.05) is 6.54 Å². The highest BCUT2D eigenvalue weighted by atomic mass is 35.5. The van der Waals surface area contributed by atoms with Gasteiger partial charge in [0.1, 0.15) is 0 Å². The Labute approximate surface area is 169 Å². The minimum Gasteiger partial charge on any atom is -0.356 e. The molecule has 2 aromatic carbocycles. The molecule has 0 fully saturated rings. The van der Waals surface area contributed by atoms with Crippen molar-refractivity contribution in [1.29, 1.82) is 0 Å². The molecule has 0 radical (unpaired) electrons. The van der Waals surface area contributed by atoms with Crippen LogP contribution in [0.2, 0.25) is 5.02 Å². The Bertz CT molecular complexity index is 996. The fraction of sp³-hybridized carbons (Fsp3) is 0.227. The maximum absolute atomic E-state index is 12.1. The summed E-state index contributed by atoms with van der Waals surface area (Å²) < 4.78 is 1.32. The molecule has 0 saturated heterocycles. The average Bonchev–Trinajstić information content (AvgIpc) is 2.69. The van der Waals surface area contributed by atoms with E-state index < -0.39 is 0 Å². The Kier molecular flexibility index (Phi) is 6.61. The Balaban J connectivity index is 1.54. The van der Waals surface area contributed by atoms with E-state index in [2.05, 4.69) is 34.7 Å². The third-order valence-corrected chi connectivity index (χ3v) is 4.67. The van der Waals surface area contributed by atoms with Crippen molar-refractivity contribution in [2.24, 2.45) is 0 Å². The number of amides is 1. The van der Waals surface area contributed by atoms with E-state index in [0.717, 1.165) is 12.0 Å². The van der Waals surface area contributed by atoms with E-state index >= 15 is 0 Å². The maximum atomic E-state index is 12.1. The highest BCUT2D eigenvalue weighted by Crippen LogP contribution is 2.18.